The predicted octanol–water partition coefficient (Wildman–Crippen LogP) is 4.74. The van der Waals surface area contributed by atoms with E-state index in [-0.39, 0.29) is 11.9 Å². The molecule has 4 heteroatoms. The zero-order valence-corrected chi connectivity index (χ0v) is 16.3. The Morgan fingerprint density at radius 3 is 2.38 bits per heavy atom. The van der Waals surface area contributed by atoms with E-state index >= 15 is 0 Å². The molecule has 2 aromatic rings. The van der Waals surface area contributed by atoms with Crippen LogP contribution in [0.3, 0.4) is 0 Å². The van der Waals surface area contributed by atoms with E-state index in [1.807, 2.05) is 25.1 Å². The molecular formula is C22H29NO3. The number of amides is 1. The Morgan fingerprint density at radius 2 is 1.77 bits per heavy atom. The second-order valence-corrected chi connectivity index (χ2v) is 6.52. The quantitative estimate of drug-likeness (QED) is 0.744. The minimum absolute atomic E-state index is 0.0222. The Labute approximate surface area is 156 Å². The molecule has 0 unspecified atom stereocenters. The van der Waals surface area contributed by atoms with E-state index in [9.17, 15) is 4.79 Å². The average Bonchev–Trinajstić information content (AvgIpc) is 2.64. The van der Waals surface area contributed by atoms with E-state index in [2.05, 4.69) is 44.3 Å². The molecule has 26 heavy (non-hydrogen) atoms. The number of carbonyl (C=O) groups excluding carboxylic acids is 1. The van der Waals surface area contributed by atoms with Crippen LogP contribution in [0.4, 0.5) is 0 Å². The fraction of sp³-hybridized carbons (Fsp3) is 0.409. The fourth-order valence-corrected chi connectivity index (χ4v) is 3.04. The summed E-state index contributed by atoms with van der Waals surface area (Å²) in [5.74, 6) is 1.24. The van der Waals surface area contributed by atoms with Gasteiger partial charge in [0.25, 0.3) is 5.91 Å². The maximum absolute atomic E-state index is 12.8. The van der Waals surface area contributed by atoms with Crippen LogP contribution in [0.15, 0.2) is 42.5 Å². The Morgan fingerprint density at radius 1 is 1.04 bits per heavy atom. The third-order valence-corrected chi connectivity index (χ3v) is 4.51. The Hall–Kier alpha value is -2.49. The van der Waals surface area contributed by atoms with E-state index in [0.29, 0.717) is 17.9 Å². The van der Waals surface area contributed by atoms with E-state index in [4.69, 9.17) is 9.47 Å². The number of aryl methyl sites for hydroxylation is 2. The molecule has 0 spiro atoms. The molecule has 2 rings (SSSR count). The smallest absolute Gasteiger partial charge is 0.261 e. The summed E-state index contributed by atoms with van der Waals surface area (Å²) in [6.45, 7) is 8.18. The van der Waals surface area contributed by atoms with Gasteiger partial charge in [0.15, 0.2) is 6.10 Å². The molecule has 0 bridgehead atoms. The van der Waals surface area contributed by atoms with Crippen molar-refractivity contribution in [3.8, 4) is 11.5 Å². The maximum Gasteiger partial charge on any atom is 0.261 e. The summed E-state index contributed by atoms with van der Waals surface area (Å²) in [5.41, 5.74) is 3.57. The van der Waals surface area contributed by atoms with Crippen LogP contribution in [-0.4, -0.2) is 19.1 Å². The van der Waals surface area contributed by atoms with Gasteiger partial charge in [-0.1, -0.05) is 43.7 Å². The van der Waals surface area contributed by atoms with Gasteiger partial charge in [-0.3, -0.25) is 4.79 Å². The molecule has 0 aliphatic rings. The number of methoxy groups -OCH3 is 1. The summed E-state index contributed by atoms with van der Waals surface area (Å²) in [4.78, 5) is 12.8. The number of rotatable bonds is 8. The van der Waals surface area contributed by atoms with E-state index < -0.39 is 6.10 Å². The second-order valence-electron chi connectivity index (χ2n) is 6.52. The van der Waals surface area contributed by atoms with Crippen molar-refractivity contribution in [1.82, 2.24) is 5.32 Å². The number of benzene rings is 2. The van der Waals surface area contributed by atoms with E-state index in [1.54, 1.807) is 13.2 Å². The Balaban J connectivity index is 2.11. The first kappa shape index (κ1) is 19.8. The third kappa shape index (κ3) is 5.01. The monoisotopic (exact) mass is 355 g/mol. The molecule has 0 aliphatic heterocycles. The van der Waals surface area contributed by atoms with E-state index in [0.717, 1.165) is 12.0 Å². The van der Waals surface area contributed by atoms with Crippen molar-refractivity contribution in [3.63, 3.8) is 0 Å². The first-order valence-electron chi connectivity index (χ1n) is 9.16. The summed E-state index contributed by atoms with van der Waals surface area (Å²) in [6.07, 6.45) is 0.874. The minimum atomic E-state index is -0.540. The first-order chi connectivity index (χ1) is 12.5. The lowest BCUT2D eigenvalue weighted by Crippen LogP contribution is -2.40. The molecule has 1 N–H and O–H groups in total. The number of ether oxygens (including phenoxy) is 2. The number of hydrogen-bond acceptors (Lipinski definition) is 3. The van der Waals surface area contributed by atoms with Crippen LogP contribution in [0.25, 0.3) is 0 Å². The molecule has 0 saturated heterocycles. The fourth-order valence-electron chi connectivity index (χ4n) is 3.04. The molecule has 0 radical (unpaired) electrons. The van der Waals surface area contributed by atoms with Gasteiger partial charge in [0.05, 0.1) is 13.2 Å². The lowest BCUT2D eigenvalue weighted by atomic mass is 9.97. The normalized spacial score (nSPS) is 13.0. The average molecular weight is 355 g/mol. The molecule has 2 aromatic carbocycles. The van der Waals surface area contributed by atoms with Gasteiger partial charge in [-0.2, -0.15) is 0 Å². The molecule has 1 amide bonds. The number of hydrogen-bond donors (Lipinski definition) is 1. The standard InChI is InChI=1S/C22H29NO3/c1-6-20(19-12-11-15(3)13-16(19)4)23-22(24)21(7-2)26-18-10-8-9-17(14-18)25-5/h8-14,20-21H,6-7H2,1-5H3,(H,23,24)/t20-,21+/m0/s1. The van der Waals surface area contributed by atoms with Crippen molar-refractivity contribution in [2.45, 2.75) is 52.7 Å². The lowest BCUT2D eigenvalue weighted by Gasteiger charge is -2.24. The van der Waals surface area contributed by atoms with Crippen molar-refractivity contribution in [2.75, 3.05) is 7.11 Å². The molecule has 4 nitrogen and oxygen atoms in total. The van der Waals surface area contributed by atoms with Crippen LogP contribution in [0.2, 0.25) is 0 Å². The summed E-state index contributed by atoms with van der Waals surface area (Å²) in [7, 11) is 1.61. The number of nitrogens with one attached hydrogen (secondary N) is 1. The van der Waals surface area contributed by atoms with Gasteiger partial charge in [0.1, 0.15) is 11.5 Å². The lowest BCUT2D eigenvalue weighted by molar-refractivity contribution is -0.129. The predicted molar refractivity (Wildman–Crippen MR) is 105 cm³/mol. The van der Waals surface area contributed by atoms with E-state index in [1.165, 1.54) is 11.1 Å². The molecule has 0 saturated carbocycles. The van der Waals surface area contributed by atoms with Gasteiger partial charge in [-0.05, 0) is 49.9 Å². The molecule has 0 aromatic heterocycles. The van der Waals surface area contributed by atoms with Crippen LogP contribution in [0.1, 0.15) is 49.4 Å². The van der Waals surface area contributed by atoms with Gasteiger partial charge >= 0.3 is 0 Å². The SMILES string of the molecule is CC[C@H](NC(=O)[C@@H](CC)Oc1cccc(OC)c1)c1ccc(C)cc1C. The summed E-state index contributed by atoms with van der Waals surface area (Å²) in [5, 5.41) is 3.15. The molecule has 0 heterocycles. The highest BCUT2D eigenvalue weighted by molar-refractivity contribution is 5.81. The van der Waals surface area contributed by atoms with Crippen LogP contribution in [-0.2, 0) is 4.79 Å². The number of carbonyl (C=O) groups is 1. The van der Waals surface area contributed by atoms with Crippen molar-refractivity contribution in [2.24, 2.45) is 0 Å². The highest BCUT2D eigenvalue weighted by atomic mass is 16.5. The molecule has 2 atom stereocenters. The largest absolute Gasteiger partial charge is 0.497 e. The molecule has 0 fully saturated rings. The van der Waals surface area contributed by atoms with Gasteiger partial charge < -0.3 is 14.8 Å². The Bertz CT molecular complexity index is 742. The minimum Gasteiger partial charge on any atom is -0.497 e. The van der Waals surface area contributed by atoms with Gasteiger partial charge in [-0.15, -0.1) is 0 Å². The van der Waals surface area contributed by atoms with Gasteiger partial charge in [-0.25, -0.2) is 0 Å². The van der Waals surface area contributed by atoms with Crippen molar-refractivity contribution >= 4 is 5.91 Å². The first-order valence-corrected chi connectivity index (χ1v) is 9.16. The third-order valence-electron chi connectivity index (χ3n) is 4.51. The highest BCUT2D eigenvalue weighted by Gasteiger charge is 2.22. The zero-order chi connectivity index (χ0) is 19.1. The maximum atomic E-state index is 12.8. The van der Waals surface area contributed by atoms with Crippen molar-refractivity contribution < 1.29 is 14.3 Å². The molecular weight excluding hydrogens is 326 g/mol. The zero-order valence-electron chi connectivity index (χ0n) is 16.3. The summed E-state index contributed by atoms with van der Waals surface area (Å²) in [6, 6.07) is 13.6. The Kier molecular flexibility index (Phi) is 7.07. The van der Waals surface area contributed by atoms with Crippen LogP contribution < -0.4 is 14.8 Å². The molecule has 140 valence electrons. The van der Waals surface area contributed by atoms with Crippen molar-refractivity contribution in [3.05, 3.63) is 59.2 Å². The highest BCUT2D eigenvalue weighted by Crippen LogP contribution is 2.24. The van der Waals surface area contributed by atoms with Crippen molar-refractivity contribution in [1.29, 1.82) is 0 Å². The second kappa shape index (κ2) is 9.27. The van der Waals surface area contributed by atoms with Crippen LogP contribution in [0, 0.1) is 13.8 Å². The summed E-state index contributed by atoms with van der Waals surface area (Å²) >= 11 is 0. The van der Waals surface area contributed by atoms with Gasteiger partial charge in [0, 0.05) is 6.07 Å². The molecule has 0 aliphatic carbocycles. The summed E-state index contributed by atoms with van der Waals surface area (Å²) < 4.78 is 11.1. The van der Waals surface area contributed by atoms with Gasteiger partial charge in [0.2, 0.25) is 0 Å². The topological polar surface area (TPSA) is 47.6 Å². The van der Waals surface area contributed by atoms with Crippen LogP contribution >= 0.6 is 0 Å². The van der Waals surface area contributed by atoms with Crippen LogP contribution in [0.5, 0.6) is 11.5 Å².